The van der Waals surface area contributed by atoms with Gasteiger partial charge in [0.2, 0.25) is 11.8 Å². The smallest absolute Gasteiger partial charge is 0.462 e. The van der Waals surface area contributed by atoms with Crippen molar-refractivity contribution in [1.82, 2.24) is 16.8 Å². The largest absolute Gasteiger partial charge is 0.470 e. The van der Waals surface area contributed by atoms with Crippen molar-refractivity contribution in [2.45, 2.75) is 564 Å². The molecule has 0 spiro atoms. The molecule has 0 bridgehead atoms. The molecular formula is C96H184N3O22P. The number of amides is 2. The van der Waals surface area contributed by atoms with Gasteiger partial charge in [-0.15, -0.1) is 0 Å². The van der Waals surface area contributed by atoms with Crippen LogP contribution in [0.3, 0.4) is 0 Å². The number of ether oxygens (including phenoxy) is 7. The molecule has 26 heteroatoms. The maximum absolute atomic E-state index is 15.1. The summed E-state index contributed by atoms with van der Waals surface area (Å²) < 4.78 is 61.9. The summed E-state index contributed by atoms with van der Waals surface area (Å²) in [6.45, 7) is 11.3. The number of carbonyl (C=O) groups is 6. The minimum atomic E-state index is -5.62. The molecule has 25 nitrogen and oxygen atoms in total. The first-order chi connectivity index (χ1) is 58.6. The van der Waals surface area contributed by atoms with Crippen molar-refractivity contribution in [1.29, 1.82) is 0 Å². The van der Waals surface area contributed by atoms with Crippen LogP contribution >= 0.6 is 7.82 Å². The summed E-state index contributed by atoms with van der Waals surface area (Å²) in [7, 11) is -5.62. The van der Waals surface area contributed by atoms with Gasteiger partial charge in [0.15, 0.2) is 24.8 Å². The fraction of sp³-hybridized carbons (Fsp3) is 0.938. The van der Waals surface area contributed by atoms with Gasteiger partial charge in [-0.05, 0) is 51.4 Å². The van der Waals surface area contributed by atoms with Crippen molar-refractivity contribution < 1.29 is 106 Å². The summed E-state index contributed by atoms with van der Waals surface area (Å²) in [5.74, 6) is -4.55. The van der Waals surface area contributed by atoms with E-state index in [-0.39, 0.29) is 31.8 Å². The second-order valence-electron chi connectivity index (χ2n) is 35.7. The topological polar surface area (TPSA) is 394 Å². The van der Waals surface area contributed by atoms with Gasteiger partial charge in [-0.1, -0.05) is 388 Å². The Hall–Kier alpha value is -3.43. The van der Waals surface area contributed by atoms with E-state index in [1.165, 1.54) is 135 Å². The molecule has 720 valence electrons. The lowest BCUT2D eigenvalue weighted by Gasteiger charge is -2.46. The molecule has 0 aliphatic carbocycles. The van der Waals surface area contributed by atoms with E-state index >= 15 is 4.79 Å². The first kappa shape index (κ1) is 117. The number of nitrogens with one attached hydrogen (secondary N) is 2. The molecule has 2 fully saturated rings. The molecule has 2 aliphatic heterocycles. The monoisotopic (exact) mass is 1760 g/mol. The predicted molar refractivity (Wildman–Crippen MR) is 484 cm³/mol. The number of rotatable bonds is 84. The van der Waals surface area contributed by atoms with Crippen molar-refractivity contribution in [3.05, 3.63) is 0 Å². The molecular weight excluding hydrogens is 1580 g/mol. The number of phosphoric acid groups is 1. The standard InChI is InChI=1S/C96H181N2O22P.H3N/c1-7-13-19-25-31-37-39-45-51-57-63-69-85(104)114-79(67-61-55-49-43-35-29-23-17-11-5)73-84(103)98-90-94(119-88(107)74-80(68-62-56-50-44-36-30-24-18-12-6)115-86(105)70-64-58-52-46-40-38-32-26-20-14-8-2)92(120-121(110,111)112)81(75-99)117-96(90)113-76-82-91(108)93(118-87(106)72-78(101)66-60-54-48-42-34-28-22-16-10-4)89(95(109)116-82)97-83(102)71-77(100)65-59-53-47-41-33-27-21-15-9-3;/h77-82,89-96,99-101,108-109H,7-76H2,1-6H3,(H,97,102)(H,98,103)(H2,110,111,112);1H3/t77-,78-,79-,80-,81-,82-,89-,90-,91-,92-,93-,94-,95?,96-;/m1./s1. The number of hydrogen-bond acceptors (Lipinski definition) is 21. The number of unbranched alkanes of at least 4 members (excludes halogenated alkanes) is 52. The fourth-order valence-corrected chi connectivity index (χ4v) is 17.3. The van der Waals surface area contributed by atoms with Crippen LogP contribution in [0.15, 0.2) is 0 Å². The zero-order chi connectivity index (χ0) is 88.6. The Bertz CT molecular complexity index is 2560. The van der Waals surface area contributed by atoms with Crippen LogP contribution in [0.2, 0.25) is 0 Å². The molecule has 14 atom stereocenters. The van der Waals surface area contributed by atoms with Crippen LogP contribution in [-0.4, -0.2) is 170 Å². The van der Waals surface area contributed by atoms with E-state index in [0.29, 0.717) is 51.4 Å². The van der Waals surface area contributed by atoms with Gasteiger partial charge < -0.3 is 85.3 Å². The maximum atomic E-state index is 15.1. The summed E-state index contributed by atoms with van der Waals surface area (Å²) in [6.07, 6.45) is 40.7. The Kier molecular flexibility index (Phi) is 75.1. The average molecular weight is 1760 g/mol. The van der Waals surface area contributed by atoms with Crippen molar-refractivity contribution in [3.63, 3.8) is 0 Å². The van der Waals surface area contributed by atoms with Crippen molar-refractivity contribution >= 4 is 43.5 Å². The fourth-order valence-electron chi connectivity index (χ4n) is 16.7. The Balaban J connectivity index is 0.0000744. The van der Waals surface area contributed by atoms with E-state index < -0.39 is 168 Å². The molecule has 0 aromatic carbocycles. The highest BCUT2D eigenvalue weighted by Crippen LogP contribution is 2.43. The van der Waals surface area contributed by atoms with Crippen LogP contribution in [0, 0.1) is 0 Å². The number of aliphatic hydroxyl groups is 5. The first-order valence-electron chi connectivity index (χ1n) is 50.0. The average Bonchev–Trinajstić information content (AvgIpc) is 0.777. The highest BCUT2D eigenvalue weighted by molar-refractivity contribution is 7.46. The quantitative estimate of drug-likeness (QED) is 0.0117. The zero-order valence-corrected chi connectivity index (χ0v) is 78.9. The lowest BCUT2D eigenvalue weighted by atomic mass is 9.95. The molecule has 0 radical (unpaired) electrons. The Morgan fingerprint density at radius 3 is 1.02 bits per heavy atom. The second-order valence-corrected chi connectivity index (χ2v) is 36.8. The van der Waals surface area contributed by atoms with Crippen LogP contribution in [0.1, 0.15) is 478 Å². The Morgan fingerprint density at radius 2 is 0.656 bits per heavy atom. The summed E-state index contributed by atoms with van der Waals surface area (Å²) in [4.78, 5) is 107. The van der Waals surface area contributed by atoms with E-state index in [0.717, 1.165) is 199 Å². The lowest BCUT2D eigenvalue weighted by molar-refractivity contribution is -0.298. The molecule has 2 heterocycles. The van der Waals surface area contributed by atoms with Crippen LogP contribution in [-0.2, 0) is 71.0 Å². The van der Waals surface area contributed by atoms with E-state index in [2.05, 4.69) is 52.2 Å². The molecule has 2 amide bonds. The van der Waals surface area contributed by atoms with Gasteiger partial charge in [-0.2, -0.15) is 0 Å². The van der Waals surface area contributed by atoms with Crippen LogP contribution < -0.4 is 16.8 Å². The second kappa shape index (κ2) is 78.6. The molecule has 2 saturated heterocycles. The molecule has 2 rings (SSSR count). The van der Waals surface area contributed by atoms with Gasteiger partial charge in [-0.3, -0.25) is 33.3 Å². The van der Waals surface area contributed by atoms with Crippen LogP contribution in [0.25, 0.3) is 0 Å². The molecule has 2 aliphatic rings. The summed E-state index contributed by atoms with van der Waals surface area (Å²) >= 11 is 0. The normalized spacial score (nSPS) is 20.2. The van der Waals surface area contributed by atoms with Gasteiger partial charge >= 0.3 is 31.7 Å². The molecule has 122 heavy (non-hydrogen) atoms. The van der Waals surface area contributed by atoms with Gasteiger partial charge in [0.1, 0.15) is 48.7 Å². The third-order valence-corrected chi connectivity index (χ3v) is 24.6. The molecule has 12 N–H and O–H groups in total. The molecule has 0 saturated carbocycles. The predicted octanol–water partition coefficient (Wildman–Crippen LogP) is 21.4. The van der Waals surface area contributed by atoms with Crippen LogP contribution in [0.5, 0.6) is 0 Å². The highest BCUT2D eigenvalue weighted by Gasteiger charge is 2.54. The minimum absolute atomic E-state index is 0. The molecule has 0 aromatic heterocycles. The number of phosphoric ester groups is 1. The van der Waals surface area contributed by atoms with Crippen LogP contribution in [0.4, 0.5) is 0 Å². The van der Waals surface area contributed by atoms with Gasteiger partial charge in [0.25, 0.3) is 0 Å². The number of carbonyl (C=O) groups excluding carboxylic acids is 6. The van der Waals surface area contributed by atoms with Gasteiger partial charge in [0, 0.05) is 12.8 Å². The molecule has 1 unspecified atom stereocenters. The number of aliphatic hydroxyl groups excluding tert-OH is 5. The van der Waals surface area contributed by atoms with E-state index in [1.807, 2.05) is 0 Å². The third-order valence-electron chi connectivity index (χ3n) is 24.1. The van der Waals surface area contributed by atoms with Crippen molar-refractivity contribution in [3.8, 4) is 0 Å². The third kappa shape index (κ3) is 61.9. The highest BCUT2D eigenvalue weighted by atomic mass is 31.2. The van der Waals surface area contributed by atoms with Gasteiger partial charge in [-0.25, -0.2) is 4.57 Å². The summed E-state index contributed by atoms with van der Waals surface area (Å²) in [6, 6.07) is -3.47. The Morgan fingerprint density at radius 1 is 0.352 bits per heavy atom. The van der Waals surface area contributed by atoms with E-state index in [4.69, 9.17) is 37.7 Å². The first-order valence-corrected chi connectivity index (χ1v) is 51.5. The Labute approximate surface area is 740 Å². The minimum Gasteiger partial charge on any atom is -0.462 e. The van der Waals surface area contributed by atoms with E-state index in [1.54, 1.807) is 0 Å². The lowest BCUT2D eigenvalue weighted by Crippen LogP contribution is -2.68. The number of esters is 4. The molecule has 0 aromatic rings. The maximum Gasteiger partial charge on any atom is 0.470 e. The summed E-state index contributed by atoms with van der Waals surface area (Å²) in [5, 5.41) is 63.3. The van der Waals surface area contributed by atoms with E-state index in [9.17, 15) is 63.9 Å². The number of hydrogen-bond donors (Lipinski definition) is 10. The SMILES string of the molecule is CCCCCCCCCCCCCC(=O)O[C@H](CCCCCCCCCCC)CC(=O)N[C@H]1[C@H](OC[C@H]2OC(O)[C@H](NC(=O)C[C@H](O)CCCCCCCCCCC)[C@@H](OC(=O)C[C@H](O)CCCCCCCCCCC)[C@@H]2O)O[C@H](CO)[C@@H](OP(=O)(O)O)[C@@H]1OC(=O)C[C@@H](CCCCCCCCCCC)OC(=O)CCCCCCCCCCCCC.N. The van der Waals surface area contributed by atoms with Crippen molar-refractivity contribution in [2.75, 3.05) is 13.2 Å². The van der Waals surface area contributed by atoms with Crippen molar-refractivity contribution in [2.24, 2.45) is 0 Å². The zero-order valence-electron chi connectivity index (χ0n) is 78.0. The van der Waals surface area contributed by atoms with Gasteiger partial charge in [0.05, 0.1) is 51.1 Å². The summed E-state index contributed by atoms with van der Waals surface area (Å²) in [5.41, 5.74) is 0.